The van der Waals surface area contributed by atoms with Crippen LogP contribution in [0.1, 0.15) is 30.9 Å². The van der Waals surface area contributed by atoms with Gasteiger partial charge in [-0.15, -0.1) is 0 Å². The molecule has 0 unspecified atom stereocenters. The Kier molecular flexibility index (Phi) is 11.3. The molecule has 7 nitrogen and oxygen atoms in total. The fraction of sp³-hybridized carbons (Fsp3) is 0.192. The molecular formula is C26H23Cl3IN3O4. The fourth-order valence-corrected chi connectivity index (χ4v) is 4.54. The van der Waals surface area contributed by atoms with E-state index in [2.05, 4.69) is 38.4 Å². The van der Waals surface area contributed by atoms with E-state index in [0.717, 1.165) is 9.13 Å². The first-order valence-electron chi connectivity index (χ1n) is 11.2. The highest BCUT2D eigenvalue weighted by molar-refractivity contribution is 14.1. The van der Waals surface area contributed by atoms with Gasteiger partial charge in [0.05, 0.1) is 16.4 Å². The molecule has 194 valence electrons. The number of benzene rings is 3. The van der Waals surface area contributed by atoms with Gasteiger partial charge in [0.2, 0.25) is 11.8 Å². The molecule has 3 rings (SSSR count). The number of amides is 2. The summed E-state index contributed by atoms with van der Waals surface area (Å²) in [7, 11) is 0. The molecule has 0 aliphatic carbocycles. The Morgan fingerprint density at radius 2 is 1.73 bits per heavy atom. The number of halogens is 4. The van der Waals surface area contributed by atoms with Crippen molar-refractivity contribution in [2.75, 3.05) is 11.9 Å². The van der Waals surface area contributed by atoms with Crippen molar-refractivity contribution >= 4 is 81.1 Å². The van der Waals surface area contributed by atoms with Gasteiger partial charge >= 0.3 is 0 Å². The summed E-state index contributed by atoms with van der Waals surface area (Å²) in [6.07, 6.45) is 1.48. The number of nitrogens with zero attached hydrogens (tertiary/aromatic N) is 1. The van der Waals surface area contributed by atoms with Gasteiger partial charge in [-0.1, -0.05) is 46.9 Å². The molecule has 0 atom stereocenters. The van der Waals surface area contributed by atoms with Gasteiger partial charge in [0.15, 0.2) is 11.5 Å². The SMILES string of the molecule is CCOc1cc(C=NNC(=O)CCC(=O)Nc2cccc(Cl)c2)cc(I)c1OCc1ccc(Cl)cc1Cl. The number of carbonyl (C=O) groups excluding carboxylic acids is 2. The maximum absolute atomic E-state index is 12.1. The average molecular weight is 675 g/mol. The molecule has 0 heterocycles. The van der Waals surface area contributed by atoms with Crippen LogP contribution in [0.15, 0.2) is 59.7 Å². The molecule has 3 aromatic carbocycles. The zero-order valence-corrected chi connectivity index (χ0v) is 24.1. The van der Waals surface area contributed by atoms with Gasteiger partial charge in [-0.05, 0) is 77.5 Å². The van der Waals surface area contributed by atoms with E-state index in [1.54, 1.807) is 42.5 Å². The molecule has 11 heteroatoms. The Hall–Kier alpha value is -2.53. The van der Waals surface area contributed by atoms with E-state index in [1.807, 2.05) is 19.1 Å². The van der Waals surface area contributed by atoms with Gasteiger partial charge in [-0.2, -0.15) is 5.10 Å². The molecule has 0 fully saturated rings. The van der Waals surface area contributed by atoms with Crippen LogP contribution in [0, 0.1) is 3.57 Å². The van der Waals surface area contributed by atoms with Crippen molar-refractivity contribution in [1.82, 2.24) is 5.43 Å². The summed E-state index contributed by atoms with van der Waals surface area (Å²) in [5.41, 5.74) is 4.49. The van der Waals surface area contributed by atoms with Crippen molar-refractivity contribution in [1.29, 1.82) is 0 Å². The number of anilines is 1. The third-order valence-electron chi connectivity index (χ3n) is 4.81. The Morgan fingerprint density at radius 3 is 2.46 bits per heavy atom. The predicted molar refractivity (Wildman–Crippen MR) is 156 cm³/mol. The molecule has 0 saturated heterocycles. The minimum absolute atomic E-state index is 0.00389. The van der Waals surface area contributed by atoms with Crippen molar-refractivity contribution in [2.24, 2.45) is 5.10 Å². The van der Waals surface area contributed by atoms with Crippen molar-refractivity contribution in [3.05, 3.63) is 84.4 Å². The minimum atomic E-state index is -0.392. The molecule has 2 amide bonds. The third kappa shape index (κ3) is 9.37. The number of hydrogen-bond acceptors (Lipinski definition) is 5. The highest BCUT2D eigenvalue weighted by atomic mass is 127. The van der Waals surface area contributed by atoms with E-state index in [4.69, 9.17) is 44.3 Å². The first-order valence-corrected chi connectivity index (χ1v) is 13.4. The number of ether oxygens (including phenoxy) is 2. The first-order chi connectivity index (χ1) is 17.7. The Morgan fingerprint density at radius 1 is 0.973 bits per heavy atom. The van der Waals surface area contributed by atoms with Crippen LogP contribution in [0.25, 0.3) is 0 Å². The molecule has 0 bridgehead atoms. The second-order valence-electron chi connectivity index (χ2n) is 7.64. The molecule has 37 heavy (non-hydrogen) atoms. The van der Waals surface area contributed by atoms with Crippen LogP contribution in [0.5, 0.6) is 11.5 Å². The van der Waals surface area contributed by atoms with Crippen molar-refractivity contribution in [3.8, 4) is 11.5 Å². The van der Waals surface area contributed by atoms with E-state index in [1.165, 1.54) is 6.21 Å². The highest BCUT2D eigenvalue weighted by Gasteiger charge is 2.13. The number of hydrogen-bond donors (Lipinski definition) is 2. The molecule has 3 aromatic rings. The molecule has 0 saturated carbocycles. The minimum Gasteiger partial charge on any atom is -0.490 e. The lowest BCUT2D eigenvalue weighted by Crippen LogP contribution is -2.20. The summed E-state index contributed by atoms with van der Waals surface area (Å²) < 4.78 is 12.6. The maximum Gasteiger partial charge on any atom is 0.240 e. The van der Waals surface area contributed by atoms with Crippen LogP contribution in [0.3, 0.4) is 0 Å². The molecule has 0 aromatic heterocycles. The van der Waals surface area contributed by atoms with Crippen LogP contribution in [-0.4, -0.2) is 24.6 Å². The summed E-state index contributed by atoms with van der Waals surface area (Å²) in [5, 5.41) is 8.27. The van der Waals surface area contributed by atoms with Crippen molar-refractivity contribution in [2.45, 2.75) is 26.4 Å². The van der Waals surface area contributed by atoms with E-state index in [0.29, 0.717) is 44.4 Å². The number of rotatable bonds is 11. The summed E-state index contributed by atoms with van der Waals surface area (Å²) in [6, 6.07) is 15.6. The second kappa shape index (κ2) is 14.4. The monoisotopic (exact) mass is 673 g/mol. The van der Waals surface area contributed by atoms with E-state index in [-0.39, 0.29) is 25.4 Å². The maximum atomic E-state index is 12.1. The number of hydrazone groups is 1. The standard InChI is InChI=1S/C26H23Cl3IN3O4/c1-2-36-23-11-16(10-22(30)26(23)37-15-17-6-7-19(28)13-21(17)29)14-31-33-25(35)9-8-24(34)32-20-5-3-4-18(27)12-20/h3-7,10-14H,2,8-9,15H2,1H3,(H,32,34)(H,33,35). The van der Waals surface area contributed by atoms with Crippen LogP contribution in [0.2, 0.25) is 15.1 Å². The zero-order chi connectivity index (χ0) is 26.8. The number of nitrogens with one attached hydrogen (secondary N) is 2. The Labute approximate surface area is 243 Å². The van der Waals surface area contributed by atoms with Crippen molar-refractivity contribution < 1.29 is 19.1 Å². The van der Waals surface area contributed by atoms with Gasteiger partial charge in [0.1, 0.15) is 6.61 Å². The summed E-state index contributed by atoms with van der Waals surface area (Å²) in [6.45, 7) is 2.54. The molecule has 0 spiro atoms. The lowest BCUT2D eigenvalue weighted by Gasteiger charge is -2.15. The van der Waals surface area contributed by atoms with E-state index in [9.17, 15) is 9.59 Å². The quantitative estimate of drug-likeness (QED) is 0.129. The average Bonchev–Trinajstić information content (AvgIpc) is 2.83. The lowest BCUT2D eigenvalue weighted by molar-refractivity contribution is -0.124. The Balaban J connectivity index is 1.56. The largest absolute Gasteiger partial charge is 0.490 e. The van der Waals surface area contributed by atoms with Crippen molar-refractivity contribution in [3.63, 3.8) is 0 Å². The van der Waals surface area contributed by atoms with Crippen LogP contribution in [0.4, 0.5) is 5.69 Å². The smallest absolute Gasteiger partial charge is 0.240 e. The lowest BCUT2D eigenvalue weighted by atomic mass is 10.2. The molecule has 0 aliphatic heterocycles. The van der Waals surface area contributed by atoms with Gasteiger partial charge < -0.3 is 14.8 Å². The molecule has 2 N–H and O–H groups in total. The number of carbonyl (C=O) groups is 2. The second-order valence-corrected chi connectivity index (χ2v) is 10.1. The third-order valence-corrected chi connectivity index (χ3v) is 6.43. The zero-order valence-electron chi connectivity index (χ0n) is 19.7. The predicted octanol–water partition coefficient (Wildman–Crippen LogP) is 7.10. The van der Waals surface area contributed by atoms with Gasteiger partial charge in [0.25, 0.3) is 0 Å². The normalized spacial score (nSPS) is 10.8. The fourth-order valence-electron chi connectivity index (χ4n) is 3.11. The van der Waals surface area contributed by atoms with Crippen LogP contribution >= 0.6 is 57.4 Å². The molecular weight excluding hydrogens is 652 g/mol. The Bertz CT molecular complexity index is 1300. The highest BCUT2D eigenvalue weighted by Crippen LogP contribution is 2.35. The van der Waals surface area contributed by atoms with Crippen LogP contribution < -0.4 is 20.2 Å². The van der Waals surface area contributed by atoms with Gasteiger partial charge in [0, 0.05) is 39.2 Å². The molecule has 0 radical (unpaired) electrons. The molecule has 0 aliphatic rings. The van der Waals surface area contributed by atoms with E-state index < -0.39 is 5.91 Å². The van der Waals surface area contributed by atoms with Gasteiger partial charge in [-0.3, -0.25) is 9.59 Å². The van der Waals surface area contributed by atoms with E-state index >= 15 is 0 Å². The first kappa shape index (κ1) is 29.0. The topological polar surface area (TPSA) is 89.0 Å². The summed E-state index contributed by atoms with van der Waals surface area (Å²) in [5.74, 6) is 0.412. The summed E-state index contributed by atoms with van der Waals surface area (Å²) in [4.78, 5) is 24.2. The van der Waals surface area contributed by atoms with Crippen LogP contribution in [-0.2, 0) is 16.2 Å². The summed E-state index contributed by atoms with van der Waals surface area (Å²) >= 11 is 20.3. The van der Waals surface area contributed by atoms with Gasteiger partial charge in [-0.25, -0.2) is 5.43 Å².